The summed E-state index contributed by atoms with van der Waals surface area (Å²) in [5.74, 6) is 1.08. The third-order valence-corrected chi connectivity index (χ3v) is 4.12. The number of hydrogen-bond acceptors (Lipinski definition) is 3. The summed E-state index contributed by atoms with van der Waals surface area (Å²) in [5, 5.41) is 0. The molecule has 0 aromatic heterocycles. The van der Waals surface area contributed by atoms with Gasteiger partial charge in [-0.3, -0.25) is 4.79 Å². The van der Waals surface area contributed by atoms with Gasteiger partial charge in [-0.05, 0) is 24.3 Å². The quantitative estimate of drug-likeness (QED) is 0.907. The summed E-state index contributed by atoms with van der Waals surface area (Å²) in [5.41, 5.74) is 8.27. The van der Waals surface area contributed by atoms with Crippen molar-refractivity contribution in [1.82, 2.24) is 0 Å². The van der Waals surface area contributed by atoms with Gasteiger partial charge in [-0.2, -0.15) is 11.8 Å². The largest absolute Gasteiger partial charge is 0.326 e. The fraction of sp³-hybridized carbons (Fsp3) is 0.500. The van der Waals surface area contributed by atoms with Gasteiger partial charge < -0.3 is 10.6 Å². The molecule has 1 aromatic carbocycles. The van der Waals surface area contributed by atoms with Crippen LogP contribution in [0.3, 0.4) is 0 Å². The Morgan fingerprint density at radius 1 is 1.56 bits per heavy atom. The second-order valence-electron chi connectivity index (χ2n) is 4.90. The normalized spacial score (nSPS) is 20.4. The summed E-state index contributed by atoms with van der Waals surface area (Å²) in [6.45, 7) is 2.62. The fourth-order valence-corrected chi connectivity index (χ4v) is 3.07. The van der Waals surface area contributed by atoms with E-state index in [0.717, 1.165) is 17.9 Å². The summed E-state index contributed by atoms with van der Waals surface area (Å²) in [6, 6.07) is 8.11. The van der Waals surface area contributed by atoms with E-state index in [9.17, 15) is 4.79 Å². The molecule has 0 spiro atoms. The van der Waals surface area contributed by atoms with Crippen molar-refractivity contribution in [3.63, 3.8) is 0 Å². The Hall–Kier alpha value is -1.00. The molecule has 98 valence electrons. The van der Waals surface area contributed by atoms with Crippen molar-refractivity contribution in [3.8, 4) is 0 Å². The first-order chi connectivity index (χ1) is 8.63. The summed E-state index contributed by atoms with van der Waals surface area (Å²) in [6.07, 6.45) is 2.89. The molecule has 0 fully saturated rings. The molecular weight excluding hydrogens is 244 g/mol. The molecule has 2 N–H and O–H groups in total. The molecule has 1 amide bonds. The van der Waals surface area contributed by atoms with Gasteiger partial charge in [-0.15, -0.1) is 0 Å². The molecule has 0 saturated carbocycles. The summed E-state index contributed by atoms with van der Waals surface area (Å²) < 4.78 is 0. The van der Waals surface area contributed by atoms with Crippen LogP contribution < -0.4 is 10.6 Å². The highest BCUT2D eigenvalue weighted by Crippen LogP contribution is 2.28. The van der Waals surface area contributed by atoms with Gasteiger partial charge in [0.25, 0.3) is 0 Å². The number of carbonyl (C=O) groups is 1. The van der Waals surface area contributed by atoms with Crippen LogP contribution in [0.15, 0.2) is 24.3 Å². The Morgan fingerprint density at radius 3 is 3.00 bits per heavy atom. The predicted molar refractivity (Wildman–Crippen MR) is 78.0 cm³/mol. The number of nitrogens with two attached hydrogens (primary N) is 1. The Kier molecular flexibility index (Phi) is 4.30. The predicted octanol–water partition coefficient (Wildman–Crippen LogP) is 1.90. The van der Waals surface area contributed by atoms with Crippen LogP contribution in [-0.2, 0) is 11.2 Å². The van der Waals surface area contributed by atoms with Gasteiger partial charge in [-0.25, -0.2) is 0 Å². The van der Waals surface area contributed by atoms with E-state index in [1.807, 2.05) is 36.3 Å². The first-order valence-corrected chi connectivity index (χ1v) is 7.66. The lowest BCUT2D eigenvalue weighted by Gasteiger charge is -2.34. The average molecular weight is 264 g/mol. The monoisotopic (exact) mass is 264 g/mol. The van der Waals surface area contributed by atoms with Crippen molar-refractivity contribution < 1.29 is 4.79 Å². The number of anilines is 1. The van der Waals surface area contributed by atoms with E-state index in [0.29, 0.717) is 6.54 Å². The van der Waals surface area contributed by atoms with Gasteiger partial charge in [0.15, 0.2) is 0 Å². The molecule has 0 radical (unpaired) electrons. The first kappa shape index (κ1) is 13.4. The highest BCUT2D eigenvalue weighted by atomic mass is 32.2. The van der Waals surface area contributed by atoms with Crippen molar-refractivity contribution in [2.75, 3.05) is 23.5 Å². The van der Waals surface area contributed by atoms with Crippen molar-refractivity contribution in [2.45, 2.75) is 19.4 Å². The zero-order valence-corrected chi connectivity index (χ0v) is 11.7. The van der Waals surface area contributed by atoms with Gasteiger partial charge in [0.05, 0.1) is 0 Å². The number of rotatable bonds is 3. The summed E-state index contributed by atoms with van der Waals surface area (Å²) in [7, 11) is 0. The lowest BCUT2D eigenvalue weighted by Crippen LogP contribution is -2.48. The smallest absolute Gasteiger partial charge is 0.230 e. The van der Waals surface area contributed by atoms with Gasteiger partial charge in [0.2, 0.25) is 5.91 Å². The topological polar surface area (TPSA) is 46.3 Å². The maximum Gasteiger partial charge on any atom is 0.230 e. The zero-order chi connectivity index (χ0) is 13.1. The second-order valence-corrected chi connectivity index (χ2v) is 5.81. The number of fused-ring (bicyclic) bond motifs is 1. The molecule has 2 rings (SSSR count). The lowest BCUT2D eigenvalue weighted by atomic mass is 9.97. The van der Waals surface area contributed by atoms with Crippen LogP contribution in [0.5, 0.6) is 0 Å². The third-order valence-electron chi connectivity index (χ3n) is 3.29. The minimum absolute atomic E-state index is 0.0401. The molecule has 1 aromatic rings. The van der Waals surface area contributed by atoms with Crippen LogP contribution in [0, 0.1) is 5.92 Å². The van der Waals surface area contributed by atoms with Crippen molar-refractivity contribution in [2.24, 2.45) is 11.7 Å². The first-order valence-electron chi connectivity index (χ1n) is 6.27. The summed E-state index contributed by atoms with van der Waals surface area (Å²) in [4.78, 5) is 14.3. The van der Waals surface area contributed by atoms with Crippen LogP contribution in [0.4, 0.5) is 5.69 Å². The van der Waals surface area contributed by atoms with Crippen molar-refractivity contribution >= 4 is 23.4 Å². The minimum atomic E-state index is 0.0401. The SMILES string of the molecule is CSCC(C)C(=O)N1CC(N)Cc2ccccc21. The van der Waals surface area contributed by atoms with Crippen LogP contribution in [-0.4, -0.2) is 30.5 Å². The van der Waals surface area contributed by atoms with Gasteiger partial charge in [-0.1, -0.05) is 25.1 Å². The zero-order valence-electron chi connectivity index (χ0n) is 10.9. The molecule has 4 heteroatoms. The highest BCUT2D eigenvalue weighted by Gasteiger charge is 2.28. The molecule has 1 aliphatic heterocycles. The molecule has 1 heterocycles. The maximum absolute atomic E-state index is 12.5. The summed E-state index contributed by atoms with van der Waals surface area (Å²) >= 11 is 1.71. The maximum atomic E-state index is 12.5. The van der Waals surface area contributed by atoms with Crippen LogP contribution in [0.1, 0.15) is 12.5 Å². The molecular formula is C14H20N2OS. The van der Waals surface area contributed by atoms with Crippen LogP contribution in [0.2, 0.25) is 0 Å². The van der Waals surface area contributed by atoms with E-state index in [4.69, 9.17) is 5.73 Å². The number of carbonyl (C=O) groups excluding carboxylic acids is 1. The Balaban J connectivity index is 2.26. The standard InChI is InChI=1S/C14H20N2OS/c1-10(9-18-2)14(17)16-8-12(15)7-11-5-3-4-6-13(11)16/h3-6,10,12H,7-9,15H2,1-2H3. The molecule has 0 saturated heterocycles. The van der Waals surface area contributed by atoms with E-state index in [-0.39, 0.29) is 17.9 Å². The van der Waals surface area contributed by atoms with E-state index >= 15 is 0 Å². The molecule has 3 nitrogen and oxygen atoms in total. The molecule has 0 aliphatic carbocycles. The Morgan fingerprint density at radius 2 is 2.28 bits per heavy atom. The van der Waals surface area contributed by atoms with E-state index in [1.54, 1.807) is 11.8 Å². The average Bonchev–Trinajstić information content (AvgIpc) is 2.37. The van der Waals surface area contributed by atoms with Crippen LogP contribution >= 0.6 is 11.8 Å². The second kappa shape index (κ2) is 5.76. The van der Waals surface area contributed by atoms with Crippen molar-refractivity contribution in [1.29, 1.82) is 0 Å². The number of thioether (sulfide) groups is 1. The molecule has 0 bridgehead atoms. The van der Waals surface area contributed by atoms with Gasteiger partial charge in [0.1, 0.15) is 0 Å². The number of hydrogen-bond donors (Lipinski definition) is 1. The number of amides is 1. The van der Waals surface area contributed by atoms with E-state index in [1.165, 1.54) is 5.56 Å². The minimum Gasteiger partial charge on any atom is -0.326 e. The Labute approximate surface area is 113 Å². The highest BCUT2D eigenvalue weighted by molar-refractivity contribution is 7.98. The van der Waals surface area contributed by atoms with Crippen molar-refractivity contribution in [3.05, 3.63) is 29.8 Å². The number of nitrogens with zero attached hydrogens (tertiary/aromatic N) is 1. The third kappa shape index (κ3) is 2.70. The fourth-order valence-electron chi connectivity index (χ4n) is 2.42. The molecule has 18 heavy (non-hydrogen) atoms. The Bertz CT molecular complexity index is 436. The van der Waals surface area contributed by atoms with Gasteiger partial charge in [0, 0.05) is 29.9 Å². The number of benzene rings is 1. The van der Waals surface area contributed by atoms with E-state index in [2.05, 4.69) is 6.07 Å². The molecule has 2 unspecified atom stereocenters. The lowest BCUT2D eigenvalue weighted by molar-refractivity contribution is -0.121. The van der Waals surface area contributed by atoms with E-state index < -0.39 is 0 Å². The van der Waals surface area contributed by atoms with Gasteiger partial charge >= 0.3 is 0 Å². The molecule has 2 atom stereocenters. The molecule has 1 aliphatic rings. The van der Waals surface area contributed by atoms with Crippen LogP contribution in [0.25, 0.3) is 0 Å². The number of para-hydroxylation sites is 1.